The number of ether oxygens (including phenoxy) is 2. The van der Waals surface area contributed by atoms with Crippen LogP contribution in [0.5, 0.6) is 0 Å². The van der Waals surface area contributed by atoms with Gasteiger partial charge in [0.15, 0.2) is 0 Å². The van der Waals surface area contributed by atoms with E-state index >= 15 is 0 Å². The van der Waals surface area contributed by atoms with Crippen LogP contribution in [0.25, 0.3) is 0 Å². The fourth-order valence-electron chi connectivity index (χ4n) is 7.13. The van der Waals surface area contributed by atoms with E-state index in [2.05, 4.69) is 28.2 Å². The van der Waals surface area contributed by atoms with Gasteiger partial charge >= 0.3 is 0 Å². The predicted octanol–water partition coefficient (Wildman–Crippen LogP) is 2.26. The van der Waals surface area contributed by atoms with Gasteiger partial charge in [-0.15, -0.1) is 0 Å². The van der Waals surface area contributed by atoms with Crippen LogP contribution in [-0.2, 0) is 33.4 Å². The molecule has 0 bridgehead atoms. The van der Waals surface area contributed by atoms with E-state index in [0.29, 0.717) is 32.2 Å². The maximum absolute atomic E-state index is 14.1. The molecule has 8 atom stereocenters. The highest BCUT2D eigenvalue weighted by Gasteiger charge is 2.38. The van der Waals surface area contributed by atoms with Gasteiger partial charge in [0.05, 0.1) is 31.3 Å². The van der Waals surface area contributed by atoms with E-state index in [-0.39, 0.29) is 37.7 Å². The van der Waals surface area contributed by atoms with Gasteiger partial charge in [0.2, 0.25) is 29.5 Å². The standard InChI is InChI=1S/C38H71N7O7/c1-7-9-10-15-19-32-27(5)38(50)45(6)31(16-8-2)36(48)44-33(28-17-13-11-12-14-18-28)37(49)42-29(22-40)34(46)43-30(24-51-26(4)20-21-39)35(47)41-25(3)23-52-32/h25-33H,7-24,39-40H2,1-6H3,(H,41,47)(H,42,49)(H,43,46)(H,44,48)/t25-,26+,27-,29?,30?,31?,32-,33?/m1/s1. The van der Waals surface area contributed by atoms with Crippen molar-refractivity contribution in [2.24, 2.45) is 23.3 Å². The third-order valence-electron chi connectivity index (χ3n) is 10.5. The molecule has 1 saturated carbocycles. The molecule has 5 amide bonds. The second kappa shape index (κ2) is 24.5. The molecule has 1 aliphatic carbocycles. The third-order valence-corrected chi connectivity index (χ3v) is 10.5. The van der Waals surface area contributed by atoms with Crippen LogP contribution in [0.2, 0.25) is 0 Å². The lowest BCUT2D eigenvalue weighted by atomic mass is 9.90. The van der Waals surface area contributed by atoms with E-state index in [1.165, 1.54) is 4.90 Å². The minimum absolute atomic E-state index is 0.125. The van der Waals surface area contributed by atoms with Crippen molar-refractivity contribution in [3.05, 3.63) is 0 Å². The number of unbranched alkanes of at least 4 members (excludes halogenated alkanes) is 3. The Labute approximate surface area is 312 Å². The summed E-state index contributed by atoms with van der Waals surface area (Å²) in [7, 11) is 1.64. The SMILES string of the molecule is CCCCCC[C@H]1OC[C@@H](C)NC(=O)C(CO[C@@H](C)CCN)NC(=O)C(CN)NC(=O)C(C2CCCCCC2)NC(=O)C(CCC)N(C)C(=O)[C@@H]1C. The zero-order valence-corrected chi connectivity index (χ0v) is 32.9. The van der Waals surface area contributed by atoms with E-state index < -0.39 is 65.9 Å². The third kappa shape index (κ3) is 14.9. The summed E-state index contributed by atoms with van der Waals surface area (Å²) < 4.78 is 12.3. The molecule has 2 aliphatic rings. The molecule has 2 fully saturated rings. The molecule has 14 heteroatoms. The maximum atomic E-state index is 14.1. The summed E-state index contributed by atoms with van der Waals surface area (Å²) in [6.07, 6.45) is 10.9. The molecule has 2 rings (SSSR count). The number of carbonyl (C=O) groups excluding carboxylic acids is 5. The van der Waals surface area contributed by atoms with Gasteiger partial charge in [-0.25, -0.2) is 0 Å². The molecule has 1 saturated heterocycles. The van der Waals surface area contributed by atoms with Crippen molar-refractivity contribution in [1.29, 1.82) is 0 Å². The Morgan fingerprint density at radius 3 is 2.08 bits per heavy atom. The summed E-state index contributed by atoms with van der Waals surface area (Å²) in [5.74, 6) is -3.02. The number of carbonyl (C=O) groups is 5. The summed E-state index contributed by atoms with van der Waals surface area (Å²) in [5.41, 5.74) is 11.7. The van der Waals surface area contributed by atoms with Crippen molar-refractivity contribution in [2.45, 2.75) is 167 Å². The minimum atomic E-state index is -1.18. The fraction of sp³-hybridized carbons (Fsp3) is 0.868. The minimum Gasteiger partial charge on any atom is -0.376 e. The van der Waals surface area contributed by atoms with Gasteiger partial charge in [0.25, 0.3) is 0 Å². The van der Waals surface area contributed by atoms with Crippen molar-refractivity contribution in [1.82, 2.24) is 26.2 Å². The smallest absolute Gasteiger partial charge is 0.245 e. The summed E-state index contributed by atoms with van der Waals surface area (Å²) in [6, 6.07) is -4.50. The van der Waals surface area contributed by atoms with Crippen LogP contribution in [0, 0.1) is 11.8 Å². The Morgan fingerprint density at radius 2 is 1.46 bits per heavy atom. The molecule has 14 nitrogen and oxygen atoms in total. The Hall–Kier alpha value is -2.81. The molecule has 0 aromatic rings. The molecule has 300 valence electrons. The first kappa shape index (κ1) is 45.3. The largest absolute Gasteiger partial charge is 0.376 e. The highest BCUT2D eigenvalue weighted by molar-refractivity contribution is 5.96. The summed E-state index contributed by atoms with van der Waals surface area (Å²) in [4.78, 5) is 71.1. The van der Waals surface area contributed by atoms with Gasteiger partial charge in [-0.05, 0) is 58.4 Å². The van der Waals surface area contributed by atoms with Crippen LogP contribution in [-0.4, -0.2) is 110 Å². The molecule has 1 heterocycles. The highest BCUT2D eigenvalue weighted by Crippen LogP contribution is 2.27. The fourth-order valence-corrected chi connectivity index (χ4v) is 7.13. The normalized spacial score (nSPS) is 29.1. The number of rotatable bonds is 14. The number of amides is 5. The first-order chi connectivity index (χ1) is 24.9. The van der Waals surface area contributed by atoms with E-state index in [0.717, 1.165) is 64.2 Å². The predicted molar refractivity (Wildman–Crippen MR) is 202 cm³/mol. The molecule has 1 aliphatic heterocycles. The summed E-state index contributed by atoms with van der Waals surface area (Å²) >= 11 is 0. The zero-order valence-electron chi connectivity index (χ0n) is 32.9. The van der Waals surface area contributed by atoms with Gasteiger partial charge < -0.3 is 47.1 Å². The van der Waals surface area contributed by atoms with Crippen molar-refractivity contribution >= 4 is 29.5 Å². The van der Waals surface area contributed by atoms with Crippen molar-refractivity contribution in [3.8, 4) is 0 Å². The average Bonchev–Trinajstić information content (AvgIpc) is 3.41. The molecule has 8 N–H and O–H groups in total. The van der Waals surface area contributed by atoms with Gasteiger partial charge in [-0.2, -0.15) is 0 Å². The van der Waals surface area contributed by atoms with E-state index in [1.807, 2.05) is 20.8 Å². The number of hydrogen-bond acceptors (Lipinski definition) is 9. The maximum Gasteiger partial charge on any atom is 0.245 e. The number of nitrogens with two attached hydrogens (primary N) is 2. The first-order valence-electron chi connectivity index (χ1n) is 20.0. The Balaban J connectivity index is 2.55. The van der Waals surface area contributed by atoms with Crippen LogP contribution in [0.3, 0.4) is 0 Å². The lowest BCUT2D eigenvalue weighted by Gasteiger charge is -2.34. The molecule has 4 unspecified atom stereocenters. The topological polar surface area (TPSA) is 207 Å². The van der Waals surface area contributed by atoms with Crippen molar-refractivity contribution < 1.29 is 33.4 Å². The molecule has 0 aromatic heterocycles. The van der Waals surface area contributed by atoms with Crippen molar-refractivity contribution in [2.75, 3.05) is 33.4 Å². The Bertz CT molecular complexity index is 1100. The van der Waals surface area contributed by atoms with Gasteiger partial charge in [0, 0.05) is 19.6 Å². The van der Waals surface area contributed by atoms with Gasteiger partial charge in [0.1, 0.15) is 24.2 Å². The van der Waals surface area contributed by atoms with Crippen LogP contribution in [0.15, 0.2) is 0 Å². The molecular formula is C38H71N7O7. The van der Waals surface area contributed by atoms with Crippen LogP contribution >= 0.6 is 0 Å². The summed E-state index contributed by atoms with van der Waals surface area (Å²) in [5, 5.41) is 11.5. The number of likely N-dealkylation sites (N-methyl/N-ethyl adjacent to an activating group) is 1. The molecule has 0 spiro atoms. The number of nitrogens with zero attached hydrogens (tertiary/aromatic N) is 1. The number of hydrogen-bond donors (Lipinski definition) is 6. The van der Waals surface area contributed by atoms with Crippen LogP contribution in [0.1, 0.15) is 125 Å². The summed E-state index contributed by atoms with van der Waals surface area (Å²) in [6.45, 7) is 9.71. The van der Waals surface area contributed by atoms with Gasteiger partial charge in [-0.1, -0.05) is 78.6 Å². The highest BCUT2D eigenvalue weighted by atomic mass is 16.5. The number of nitrogens with one attached hydrogen (secondary N) is 4. The van der Waals surface area contributed by atoms with Crippen LogP contribution in [0.4, 0.5) is 0 Å². The van der Waals surface area contributed by atoms with Crippen molar-refractivity contribution in [3.63, 3.8) is 0 Å². The molecule has 52 heavy (non-hydrogen) atoms. The molecule has 0 radical (unpaired) electrons. The first-order valence-corrected chi connectivity index (χ1v) is 20.0. The Morgan fingerprint density at radius 1 is 0.808 bits per heavy atom. The monoisotopic (exact) mass is 738 g/mol. The average molecular weight is 738 g/mol. The van der Waals surface area contributed by atoms with Crippen LogP contribution < -0.4 is 32.7 Å². The lowest BCUT2D eigenvalue weighted by molar-refractivity contribution is -0.147. The molecular weight excluding hydrogens is 666 g/mol. The lowest BCUT2D eigenvalue weighted by Crippen LogP contribution is -2.62. The Kier molecular flexibility index (Phi) is 21.4. The van der Waals surface area contributed by atoms with E-state index in [4.69, 9.17) is 20.9 Å². The van der Waals surface area contributed by atoms with Gasteiger partial charge in [-0.3, -0.25) is 24.0 Å². The second-order valence-corrected chi connectivity index (χ2v) is 15.0. The quantitative estimate of drug-likeness (QED) is 0.114. The van der Waals surface area contributed by atoms with E-state index in [9.17, 15) is 24.0 Å². The molecule has 0 aromatic carbocycles. The van der Waals surface area contributed by atoms with E-state index in [1.54, 1.807) is 14.0 Å². The second-order valence-electron chi connectivity index (χ2n) is 15.0. The zero-order chi connectivity index (χ0) is 38.6.